The number of rotatable bonds is 3. The fourth-order valence-corrected chi connectivity index (χ4v) is 3.34. The summed E-state index contributed by atoms with van der Waals surface area (Å²) in [6.07, 6.45) is 1.29. The van der Waals surface area contributed by atoms with E-state index in [1.807, 2.05) is 17.8 Å². The zero-order chi connectivity index (χ0) is 10.7. The van der Waals surface area contributed by atoms with Gasteiger partial charge >= 0.3 is 0 Å². The summed E-state index contributed by atoms with van der Waals surface area (Å²) in [5.41, 5.74) is 1.28. The molecule has 0 radical (unpaired) electrons. The lowest BCUT2D eigenvalue weighted by Crippen LogP contribution is -2.27. The van der Waals surface area contributed by atoms with Gasteiger partial charge in [-0.05, 0) is 45.8 Å². The molecule has 1 unspecified atom stereocenters. The van der Waals surface area contributed by atoms with E-state index in [0.717, 1.165) is 16.0 Å². The molecule has 0 spiro atoms. The lowest BCUT2D eigenvalue weighted by Gasteiger charge is -2.11. The number of hydrogen-bond acceptors (Lipinski definition) is 2. The van der Waals surface area contributed by atoms with Gasteiger partial charge in [-0.2, -0.15) is 11.8 Å². The van der Waals surface area contributed by atoms with Gasteiger partial charge in [-0.1, -0.05) is 17.7 Å². The van der Waals surface area contributed by atoms with Crippen LogP contribution in [0.1, 0.15) is 12.0 Å². The van der Waals surface area contributed by atoms with E-state index in [-0.39, 0.29) is 0 Å². The number of thioether (sulfide) groups is 1. The van der Waals surface area contributed by atoms with E-state index >= 15 is 0 Å². The number of hydrogen-bond donors (Lipinski definition) is 1. The number of nitrogens with one attached hydrogen (secondary N) is 1. The van der Waals surface area contributed by atoms with Gasteiger partial charge in [0.15, 0.2) is 0 Å². The van der Waals surface area contributed by atoms with E-state index in [1.165, 1.54) is 23.5 Å². The van der Waals surface area contributed by atoms with Gasteiger partial charge < -0.3 is 5.32 Å². The minimum Gasteiger partial charge on any atom is -0.309 e. The zero-order valence-electron chi connectivity index (χ0n) is 8.30. The minimum absolute atomic E-state index is 0.685. The van der Waals surface area contributed by atoms with E-state index in [4.69, 9.17) is 11.6 Å². The predicted molar refractivity (Wildman–Crippen MR) is 71.7 cm³/mol. The number of benzene rings is 1. The second kappa shape index (κ2) is 5.58. The van der Waals surface area contributed by atoms with Crippen molar-refractivity contribution in [1.29, 1.82) is 0 Å². The van der Waals surface area contributed by atoms with Gasteiger partial charge in [-0.15, -0.1) is 0 Å². The van der Waals surface area contributed by atoms with Crippen molar-refractivity contribution in [3.05, 3.63) is 33.3 Å². The lowest BCUT2D eigenvalue weighted by molar-refractivity contribution is 0.558. The van der Waals surface area contributed by atoms with E-state index in [0.29, 0.717) is 6.04 Å². The monoisotopic (exact) mass is 305 g/mol. The van der Waals surface area contributed by atoms with Crippen molar-refractivity contribution in [3.63, 3.8) is 0 Å². The van der Waals surface area contributed by atoms with Crippen molar-refractivity contribution in [2.45, 2.75) is 19.0 Å². The Kier molecular flexibility index (Phi) is 4.38. The Morgan fingerprint density at radius 3 is 3.07 bits per heavy atom. The van der Waals surface area contributed by atoms with Crippen LogP contribution in [0.3, 0.4) is 0 Å². The third kappa shape index (κ3) is 3.38. The van der Waals surface area contributed by atoms with Crippen molar-refractivity contribution in [2.24, 2.45) is 0 Å². The molecule has 1 aliphatic rings. The molecule has 0 amide bonds. The summed E-state index contributed by atoms with van der Waals surface area (Å²) in [7, 11) is 0. The topological polar surface area (TPSA) is 12.0 Å². The highest BCUT2D eigenvalue weighted by Gasteiger charge is 2.14. The molecule has 1 fully saturated rings. The van der Waals surface area contributed by atoms with Crippen LogP contribution in [0, 0.1) is 0 Å². The molecule has 1 aromatic rings. The molecule has 1 N–H and O–H groups in total. The zero-order valence-corrected chi connectivity index (χ0v) is 11.5. The largest absolute Gasteiger partial charge is 0.309 e. The average molecular weight is 307 g/mol. The van der Waals surface area contributed by atoms with Gasteiger partial charge in [0.2, 0.25) is 0 Å². The Morgan fingerprint density at radius 2 is 2.40 bits per heavy atom. The van der Waals surface area contributed by atoms with Crippen LogP contribution in [0.4, 0.5) is 0 Å². The smallest absolute Gasteiger partial charge is 0.0548 e. The van der Waals surface area contributed by atoms with Gasteiger partial charge in [0, 0.05) is 22.8 Å². The molecule has 15 heavy (non-hydrogen) atoms. The highest BCUT2D eigenvalue weighted by atomic mass is 79.9. The summed E-state index contributed by atoms with van der Waals surface area (Å²) in [5.74, 6) is 2.54. The standard InChI is InChI=1S/C11H13BrClNS/c12-10-5-8(1-2-11(10)13)6-14-9-3-4-15-7-9/h1-2,5,9,14H,3-4,6-7H2. The molecule has 1 aliphatic heterocycles. The van der Waals surface area contributed by atoms with Crippen LogP contribution in [0.2, 0.25) is 5.02 Å². The summed E-state index contributed by atoms with van der Waals surface area (Å²) < 4.78 is 0.976. The first-order valence-corrected chi connectivity index (χ1v) is 7.33. The van der Waals surface area contributed by atoms with Crippen LogP contribution in [0.5, 0.6) is 0 Å². The summed E-state index contributed by atoms with van der Waals surface area (Å²) in [4.78, 5) is 0. The second-order valence-electron chi connectivity index (χ2n) is 3.69. The van der Waals surface area contributed by atoms with Gasteiger partial charge in [0.25, 0.3) is 0 Å². The molecule has 2 rings (SSSR count). The summed E-state index contributed by atoms with van der Waals surface area (Å²) >= 11 is 11.4. The molecule has 0 aromatic heterocycles. The van der Waals surface area contributed by atoms with Crippen molar-refractivity contribution >= 4 is 39.3 Å². The van der Waals surface area contributed by atoms with Crippen LogP contribution in [0.15, 0.2) is 22.7 Å². The maximum atomic E-state index is 5.94. The molecule has 1 heterocycles. The van der Waals surface area contributed by atoms with Crippen LogP contribution >= 0.6 is 39.3 Å². The van der Waals surface area contributed by atoms with E-state index in [1.54, 1.807) is 0 Å². The Balaban J connectivity index is 1.90. The van der Waals surface area contributed by atoms with Crippen molar-refractivity contribution in [1.82, 2.24) is 5.32 Å². The van der Waals surface area contributed by atoms with Gasteiger partial charge in [0.1, 0.15) is 0 Å². The first-order chi connectivity index (χ1) is 7.25. The number of halogens is 2. The van der Waals surface area contributed by atoms with Crippen molar-refractivity contribution in [2.75, 3.05) is 11.5 Å². The van der Waals surface area contributed by atoms with Gasteiger partial charge in [-0.25, -0.2) is 0 Å². The molecule has 1 atom stereocenters. The van der Waals surface area contributed by atoms with Crippen LogP contribution in [0.25, 0.3) is 0 Å². The fraction of sp³-hybridized carbons (Fsp3) is 0.455. The van der Waals surface area contributed by atoms with Crippen LogP contribution in [-0.4, -0.2) is 17.5 Å². The molecule has 0 aliphatic carbocycles. The van der Waals surface area contributed by atoms with E-state index in [9.17, 15) is 0 Å². The Labute approximate surface area is 108 Å². The normalized spacial score (nSPS) is 20.8. The summed E-state index contributed by atoms with van der Waals surface area (Å²) in [5, 5.41) is 4.33. The fourth-order valence-electron chi connectivity index (χ4n) is 1.61. The van der Waals surface area contributed by atoms with E-state index < -0.39 is 0 Å². The van der Waals surface area contributed by atoms with Gasteiger partial charge in [0.05, 0.1) is 5.02 Å². The Hall–Kier alpha value is 0.300. The molecule has 0 saturated carbocycles. The van der Waals surface area contributed by atoms with Crippen LogP contribution < -0.4 is 5.32 Å². The third-order valence-electron chi connectivity index (χ3n) is 2.51. The average Bonchev–Trinajstić information content (AvgIpc) is 2.73. The first kappa shape index (κ1) is 11.8. The quantitative estimate of drug-likeness (QED) is 0.914. The molecule has 82 valence electrons. The molecular formula is C11H13BrClNS. The minimum atomic E-state index is 0.685. The predicted octanol–water partition coefficient (Wildman–Crippen LogP) is 3.70. The Morgan fingerprint density at radius 1 is 1.53 bits per heavy atom. The third-order valence-corrected chi connectivity index (χ3v) is 4.88. The molecule has 1 nitrogen and oxygen atoms in total. The van der Waals surface area contributed by atoms with Crippen LogP contribution in [-0.2, 0) is 6.54 Å². The van der Waals surface area contributed by atoms with Crippen molar-refractivity contribution in [3.8, 4) is 0 Å². The maximum Gasteiger partial charge on any atom is 0.0548 e. The molecule has 1 saturated heterocycles. The maximum absolute atomic E-state index is 5.94. The molecule has 4 heteroatoms. The molecule has 0 bridgehead atoms. The Bertz CT molecular complexity index is 339. The van der Waals surface area contributed by atoms with Gasteiger partial charge in [-0.3, -0.25) is 0 Å². The first-order valence-electron chi connectivity index (χ1n) is 5.01. The summed E-state index contributed by atoms with van der Waals surface area (Å²) in [6, 6.07) is 6.77. The van der Waals surface area contributed by atoms with E-state index in [2.05, 4.69) is 33.4 Å². The SMILES string of the molecule is Clc1ccc(CNC2CCSC2)cc1Br. The highest BCUT2D eigenvalue weighted by Crippen LogP contribution is 2.23. The highest BCUT2D eigenvalue weighted by molar-refractivity contribution is 9.10. The van der Waals surface area contributed by atoms with Crippen molar-refractivity contribution < 1.29 is 0 Å². The summed E-state index contributed by atoms with van der Waals surface area (Å²) in [6.45, 7) is 0.932. The lowest BCUT2D eigenvalue weighted by atomic mass is 10.2. The second-order valence-corrected chi connectivity index (χ2v) is 6.10. The molecule has 1 aromatic carbocycles. The molecular weight excluding hydrogens is 294 g/mol.